The highest BCUT2D eigenvalue weighted by atomic mass is 19.4. The van der Waals surface area contributed by atoms with Crippen molar-refractivity contribution < 1.29 is 17.9 Å². The Balaban J connectivity index is 2.60. The smallest absolute Gasteiger partial charge is 0.367 e. The first-order valence-corrected chi connectivity index (χ1v) is 7.20. The first-order valence-electron chi connectivity index (χ1n) is 7.20. The van der Waals surface area contributed by atoms with Gasteiger partial charge in [0, 0.05) is 25.3 Å². The van der Waals surface area contributed by atoms with Crippen molar-refractivity contribution in [2.75, 3.05) is 6.61 Å². The Morgan fingerprint density at radius 3 is 2.29 bits per heavy atom. The van der Waals surface area contributed by atoms with Crippen molar-refractivity contribution in [1.82, 2.24) is 15.3 Å². The first-order chi connectivity index (χ1) is 9.88. The molecule has 0 spiro atoms. The maximum atomic E-state index is 13.2. The van der Waals surface area contributed by atoms with Crippen LogP contribution in [-0.4, -0.2) is 16.6 Å². The molecule has 1 aromatic heterocycles. The zero-order valence-electron chi connectivity index (χ0n) is 12.5. The number of fused-ring (bicyclic) bond motifs is 1. The average molecular weight is 303 g/mol. The van der Waals surface area contributed by atoms with Crippen LogP contribution in [-0.2, 0) is 29.6 Å². The normalized spacial score (nSPS) is 15.3. The summed E-state index contributed by atoms with van der Waals surface area (Å²) in [6, 6.07) is 0. The second kappa shape index (κ2) is 5.88. The Bertz CT molecular complexity index is 513. The maximum Gasteiger partial charge on any atom is 0.433 e. The molecule has 2 heterocycles. The van der Waals surface area contributed by atoms with E-state index in [0.717, 1.165) is 0 Å². The van der Waals surface area contributed by atoms with Gasteiger partial charge in [0.15, 0.2) is 11.5 Å². The van der Waals surface area contributed by atoms with Crippen molar-refractivity contribution in [3.05, 3.63) is 22.8 Å². The van der Waals surface area contributed by atoms with Crippen molar-refractivity contribution in [1.29, 1.82) is 0 Å². The van der Waals surface area contributed by atoms with Gasteiger partial charge in [-0.2, -0.15) is 13.2 Å². The summed E-state index contributed by atoms with van der Waals surface area (Å²) in [6.45, 7) is 6.47. The summed E-state index contributed by atoms with van der Waals surface area (Å²) in [5.41, 5.74) is -1.10. The Morgan fingerprint density at radius 1 is 1.10 bits per heavy atom. The van der Waals surface area contributed by atoms with Gasteiger partial charge in [0.05, 0.1) is 5.69 Å². The average Bonchev–Trinajstić information content (AvgIpc) is 2.91. The van der Waals surface area contributed by atoms with Crippen LogP contribution in [0.4, 0.5) is 13.2 Å². The zero-order valence-corrected chi connectivity index (χ0v) is 12.5. The number of ether oxygens (including phenoxy) is 1. The van der Waals surface area contributed by atoms with Gasteiger partial charge in [0.2, 0.25) is 0 Å². The summed E-state index contributed by atoms with van der Waals surface area (Å²) in [4.78, 5) is 8.21. The van der Waals surface area contributed by atoms with Crippen LogP contribution >= 0.6 is 0 Å². The molecule has 0 bridgehead atoms. The van der Waals surface area contributed by atoms with Gasteiger partial charge in [0.1, 0.15) is 5.60 Å². The highest BCUT2D eigenvalue weighted by Crippen LogP contribution is 2.37. The highest BCUT2D eigenvalue weighted by Gasteiger charge is 2.41. The monoisotopic (exact) mass is 303 g/mol. The fourth-order valence-corrected chi connectivity index (χ4v) is 2.72. The molecule has 1 N–H and O–H groups in total. The molecule has 7 heteroatoms. The van der Waals surface area contributed by atoms with E-state index in [1.54, 1.807) is 0 Å². The largest absolute Gasteiger partial charge is 0.433 e. The van der Waals surface area contributed by atoms with E-state index in [9.17, 15) is 13.2 Å². The molecule has 118 valence electrons. The van der Waals surface area contributed by atoms with Crippen LogP contribution in [0.3, 0.4) is 0 Å². The molecule has 0 aromatic carbocycles. The SMILES string of the molecule is CCOC(CC)(CC)c1nc2c(c(C(F)(F)F)n1)CNC2. The minimum atomic E-state index is -4.48. The van der Waals surface area contributed by atoms with Crippen LogP contribution in [0.5, 0.6) is 0 Å². The molecule has 0 unspecified atom stereocenters. The van der Waals surface area contributed by atoms with Crippen molar-refractivity contribution in [3.8, 4) is 0 Å². The van der Waals surface area contributed by atoms with E-state index in [0.29, 0.717) is 31.7 Å². The van der Waals surface area contributed by atoms with E-state index in [-0.39, 0.29) is 17.9 Å². The minimum Gasteiger partial charge on any atom is -0.367 e. The van der Waals surface area contributed by atoms with Crippen LogP contribution in [0, 0.1) is 0 Å². The quantitative estimate of drug-likeness (QED) is 0.907. The highest BCUT2D eigenvalue weighted by molar-refractivity contribution is 5.32. The molecule has 2 rings (SSSR count). The molecular weight excluding hydrogens is 283 g/mol. The molecule has 21 heavy (non-hydrogen) atoms. The Morgan fingerprint density at radius 2 is 1.76 bits per heavy atom. The predicted octanol–water partition coefficient (Wildman–Crippen LogP) is 3.15. The van der Waals surface area contributed by atoms with E-state index in [1.807, 2.05) is 20.8 Å². The zero-order chi connectivity index (χ0) is 15.7. The summed E-state index contributed by atoms with van der Waals surface area (Å²) in [6.07, 6.45) is -3.42. The van der Waals surface area contributed by atoms with E-state index < -0.39 is 17.5 Å². The molecule has 0 aliphatic carbocycles. The van der Waals surface area contributed by atoms with Gasteiger partial charge in [-0.15, -0.1) is 0 Å². The van der Waals surface area contributed by atoms with Crippen molar-refractivity contribution in [3.63, 3.8) is 0 Å². The number of hydrogen-bond donors (Lipinski definition) is 1. The van der Waals surface area contributed by atoms with Crippen LogP contribution in [0.25, 0.3) is 0 Å². The summed E-state index contributed by atoms with van der Waals surface area (Å²) in [5, 5.41) is 2.90. The lowest BCUT2D eigenvalue weighted by molar-refractivity contribution is -0.142. The Kier molecular flexibility index (Phi) is 4.53. The van der Waals surface area contributed by atoms with Crippen molar-refractivity contribution >= 4 is 0 Å². The van der Waals surface area contributed by atoms with E-state index in [4.69, 9.17) is 4.74 Å². The molecule has 0 radical (unpaired) electrons. The molecular formula is C14H20F3N3O. The van der Waals surface area contributed by atoms with E-state index >= 15 is 0 Å². The molecule has 0 saturated carbocycles. The van der Waals surface area contributed by atoms with Gasteiger partial charge < -0.3 is 10.1 Å². The van der Waals surface area contributed by atoms with Crippen molar-refractivity contribution in [2.45, 2.75) is 58.5 Å². The third-order valence-corrected chi connectivity index (χ3v) is 3.93. The number of halogens is 3. The lowest BCUT2D eigenvalue weighted by Gasteiger charge is -2.30. The van der Waals surface area contributed by atoms with Crippen LogP contribution in [0.1, 0.15) is 56.4 Å². The lowest BCUT2D eigenvalue weighted by atomic mass is 9.95. The predicted molar refractivity (Wildman–Crippen MR) is 71.5 cm³/mol. The number of aromatic nitrogens is 2. The van der Waals surface area contributed by atoms with Crippen LogP contribution in [0.15, 0.2) is 0 Å². The summed E-state index contributed by atoms with van der Waals surface area (Å²) >= 11 is 0. The molecule has 0 amide bonds. The topological polar surface area (TPSA) is 47.0 Å². The first kappa shape index (κ1) is 16.2. The van der Waals surface area contributed by atoms with E-state index in [1.165, 1.54) is 0 Å². The molecule has 1 aliphatic heterocycles. The molecule has 0 fully saturated rings. The molecule has 1 aliphatic rings. The lowest BCUT2D eigenvalue weighted by Crippen LogP contribution is -2.32. The second-order valence-electron chi connectivity index (χ2n) is 5.06. The Labute approximate surface area is 122 Å². The van der Waals surface area contributed by atoms with Gasteiger partial charge in [-0.05, 0) is 19.8 Å². The third kappa shape index (κ3) is 2.89. The summed E-state index contributed by atoms with van der Waals surface area (Å²) < 4.78 is 45.5. The van der Waals surface area contributed by atoms with Crippen molar-refractivity contribution in [2.24, 2.45) is 0 Å². The van der Waals surface area contributed by atoms with Crippen LogP contribution < -0.4 is 5.32 Å². The molecule has 0 saturated heterocycles. The summed E-state index contributed by atoms with van der Waals surface area (Å²) in [7, 11) is 0. The number of nitrogens with one attached hydrogen (secondary N) is 1. The number of rotatable bonds is 5. The van der Waals surface area contributed by atoms with Gasteiger partial charge in [-0.25, -0.2) is 9.97 Å². The van der Waals surface area contributed by atoms with Gasteiger partial charge in [-0.1, -0.05) is 13.8 Å². The maximum absolute atomic E-state index is 13.2. The molecule has 0 atom stereocenters. The number of hydrogen-bond acceptors (Lipinski definition) is 4. The van der Waals surface area contributed by atoms with Gasteiger partial charge in [0.25, 0.3) is 0 Å². The number of nitrogens with zero attached hydrogens (tertiary/aromatic N) is 2. The minimum absolute atomic E-state index is 0.143. The fourth-order valence-electron chi connectivity index (χ4n) is 2.72. The fraction of sp³-hybridized carbons (Fsp3) is 0.714. The molecule has 1 aromatic rings. The second-order valence-corrected chi connectivity index (χ2v) is 5.06. The third-order valence-electron chi connectivity index (χ3n) is 3.93. The summed E-state index contributed by atoms with van der Waals surface area (Å²) in [5.74, 6) is 0.143. The van der Waals surface area contributed by atoms with Crippen LogP contribution in [0.2, 0.25) is 0 Å². The van der Waals surface area contributed by atoms with E-state index in [2.05, 4.69) is 15.3 Å². The number of alkyl halides is 3. The standard InChI is InChI=1S/C14H20F3N3O/c1-4-13(5-2,21-6-3)12-19-10-8-18-7-9(10)11(20-12)14(15,16)17/h18H,4-8H2,1-3H3. The van der Waals surface area contributed by atoms with Gasteiger partial charge >= 0.3 is 6.18 Å². The Hall–Kier alpha value is -1.21. The van der Waals surface area contributed by atoms with Gasteiger partial charge in [-0.3, -0.25) is 0 Å². The molecule has 4 nitrogen and oxygen atoms in total.